The molecule has 3 aromatic heterocycles. The number of carbonyl (C=O) groups is 2. The van der Waals surface area contributed by atoms with Crippen molar-refractivity contribution in [2.45, 2.75) is 25.7 Å². The van der Waals surface area contributed by atoms with E-state index in [4.69, 9.17) is 25.2 Å². The van der Waals surface area contributed by atoms with E-state index in [2.05, 4.69) is 93.9 Å². The number of rotatable bonds is 18. The minimum absolute atomic E-state index is 0. The number of nitrogens with zero attached hydrogens (tertiary/aromatic N) is 9. The summed E-state index contributed by atoms with van der Waals surface area (Å²) in [4.78, 5) is 48.6. The first-order valence-corrected chi connectivity index (χ1v) is 22.6. The SMILES string of the molecule is NC(=NCCCNc1nonc1-c1noc(=O)n1-c1ccc(F)c(Br)c1)NC(=O)Cc1ccc(F)cc1.NC(=NCCCNc1nonc1C(=Nc1ccc(F)c(Br)c1)NO)NC(=O)Cc1ccc(F)cc1.[Na+].[OH-]. The van der Waals surface area contributed by atoms with E-state index in [1.54, 1.807) is 0 Å². The van der Waals surface area contributed by atoms with Gasteiger partial charge >= 0.3 is 35.3 Å². The molecule has 74 heavy (non-hydrogen) atoms. The first-order valence-electron chi connectivity index (χ1n) is 21.0. The number of hydroxylamine groups is 1. The van der Waals surface area contributed by atoms with Crippen LogP contribution in [0.2, 0.25) is 0 Å². The topological polar surface area (TPSA) is 360 Å². The van der Waals surface area contributed by atoms with Gasteiger partial charge in [-0.25, -0.2) is 41.2 Å². The molecule has 31 heteroatoms. The molecule has 0 saturated heterocycles. The Morgan fingerprint density at radius 2 is 1.20 bits per heavy atom. The predicted molar refractivity (Wildman–Crippen MR) is 260 cm³/mol. The maximum Gasteiger partial charge on any atom is 1.00 e. The van der Waals surface area contributed by atoms with Gasteiger partial charge in [-0.1, -0.05) is 29.4 Å². The van der Waals surface area contributed by atoms with E-state index in [0.717, 1.165) is 4.57 Å². The molecule has 0 atom stereocenters. The second-order valence-electron chi connectivity index (χ2n) is 14.6. The molecule has 7 aromatic rings. The Balaban J connectivity index is 0.000000313. The minimum atomic E-state index is -0.811. The Bertz CT molecular complexity index is 3120. The molecule has 24 nitrogen and oxygen atoms in total. The van der Waals surface area contributed by atoms with E-state index in [0.29, 0.717) is 49.3 Å². The van der Waals surface area contributed by atoms with Gasteiger partial charge in [-0.15, -0.1) is 0 Å². The van der Waals surface area contributed by atoms with Gasteiger partial charge in [-0.3, -0.25) is 45.4 Å². The zero-order valence-electron chi connectivity index (χ0n) is 38.5. The quantitative estimate of drug-likeness (QED) is 0.0152. The molecule has 4 aromatic carbocycles. The van der Waals surface area contributed by atoms with Crippen LogP contribution in [0.15, 0.2) is 127 Å². The Labute approximate surface area is 454 Å². The largest absolute Gasteiger partial charge is 1.00 e. The monoisotopic (exact) mass is 1170 g/mol. The predicted octanol–water partition coefficient (Wildman–Crippen LogP) is 1.86. The average Bonchev–Trinajstić information content (AvgIpc) is 4.12. The summed E-state index contributed by atoms with van der Waals surface area (Å²) >= 11 is 6.15. The number of hydrogen-bond donors (Lipinski definition) is 8. The third-order valence-electron chi connectivity index (χ3n) is 9.34. The van der Waals surface area contributed by atoms with E-state index < -0.39 is 17.4 Å². The van der Waals surface area contributed by atoms with E-state index >= 15 is 0 Å². The molecule has 11 N–H and O–H groups in total. The molecule has 3 heterocycles. The summed E-state index contributed by atoms with van der Waals surface area (Å²) in [5.74, 6) is -3.05. The molecule has 384 valence electrons. The van der Waals surface area contributed by atoms with E-state index in [1.807, 2.05) is 5.48 Å². The molecule has 0 radical (unpaired) electrons. The second-order valence-corrected chi connectivity index (χ2v) is 16.3. The number of halogens is 6. The summed E-state index contributed by atoms with van der Waals surface area (Å²) in [6.07, 6.45) is 1.06. The molecule has 0 bridgehead atoms. The number of anilines is 2. The van der Waals surface area contributed by atoms with Crippen LogP contribution in [0.3, 0.4) is 0 Å². The van der Waals surface area contributed by atoms with Crippen LogP contribution in [0.5, 0.6) is 0 Å². The average molecular weight is 1170 g/mol. The van der Waals surface area contributed by atoms with Crippen molar-refractivity contribution in [1.29, 1.82) is 0 Å². The molecule has 0 aliphatic carbocycles. The van der Waals surface area contributed by atoms with Crippen LogP contribution >= 0.6 is 31.9 Å². The van der Waals surface area contributed by atoms with E-state index in [9.17, 15) is 37.2 Å². The molecular formula is C43H41Br2F4N16NaO8. The summed E-state index contributed by atoms with van der Waals surface area (Å²) in [5, 5.41) is 39.1. The van der Waals surface area contributed by atoms with Crippen molar-refractivity contribution < 1.29 is 81.2 Å². The maximum absolute atomic E-state index is 13.6. The number of guanidine groups is 2. The first kappa shape index (κ1) is 59.2. The molecule has 7 rings (SSSR count). The van der Waals surface area contributed by atoms with Crippen molar-refractivity contribution in [3.05, 3.63) is 145 Å². The Morgan fingerprint density at radius 1 is 0.689 bits per heavy atom. The van der Waals surface area contributed by atoms with Gasteiger partial charge < -0.3 is 27.6 Å². The molecule has 0 unspecified atom stereocenters. The van der Waals surface area contributed by atoms with Crippen LogP contribution in [0, 0.1) is 23.3 Å². The van der Waals surface area contributed by atoms with Gasteiger partial charge in [0.2, 0.25) is 29.3 Å². The van der Waals surface area contributed by atoms with Crippen molar-refractivity contribution in [2.24, 2.45) is 26.4 Å². The number of carbonyl (C=O) groups excluding carboxylic acids is 2. The molecule has 0 aliphatic rings. The van der Waals surface area contributed by atoms with Gasteiger partial charge in [0.15, 0.2) is 29.1 Å². The number of benzene rings is 4. The van der Waals surface area contributed by atoms with Gasteiger partial charge in [0.1, 0.15) is 23.3 Å². The summed E-state index contributed by atoms with van der Waals surface area (Å²) in [6, 6.07) is 19.1. The van der Waals surface area contributed by atoms with Crippen molar-refractivity contribution in [3.63, 3.8) is 0 Å². The smallest absolute Gasteiger partial charge is 0.870 e. The Kier molecular flexibility index (Phi) is 23.5. The molecule has 0 saturated carbocycles. The van der Waals surface area contributed by atoms with Crippen molar-refractivity contribution >= 4 is 78.8 Å². The molecule has 0 spiro atoms. The summed E-state index contributed by atoms with van der Waals surface area (Å²) in [7, 11) is 0. The third-order valence-corrected chi connectivity index (χ3v) is 10.6. The minimum Gasteiger partial charge on any atom is -0.870 e. The number of hydrogen-bond acceptors (Lipinski definition) is 18. The summed E-state index contributed by atoms with van der Waals surface area (Å²) < 4.78 is 68.7. The molecular weight excluding hydrogens is 1130 g/mol. The zero-order chi connectivity index (χ0) is 51.6. The Hall–Kier alpha value is -7.35. The Morgan fingerprint density at radius 3 is 1.74 bits per heavy atom. The van der Waals surface area contributed by atoms with Gasteiger partial charge in [0.05, 0.1) is 33.2 Å². The summed E-state index contributed by atoms with van der Waals surface area (Å²) in [5.41, 5.74) is 15.5. The fraction of sp³-hybridized carbons (Fsp3) is 0.186. The molecule has 2 amide bonds. The van der Waals surface area contributed by atoms with Gasteiger partial charge in [0, 0.05) is 26.2 Å². The fourth-order valence-electron chi connectivity index (χ4n) is 5.98. The second kappa shape index (κ2) is 29.4. The third kappa shape index (κ3) is 17.7. The maximum atomic E-state index is 13.6. The number of amides is 2. The number of amidine groups is 1. The molecule has 0 fully saturated rings. The molecule has 0 aliphatic heterocycles. The summed E-state index contributed by atoms with van der Waals surface area (Å²) in [6.45, 7) is 1.29. The van der Waals surface area contributed by atoms with Crippen LogP contribution in [-0.2, 0) is 22.4 Å². The first-order chi connectivity index (χ1) is 34.7. The normalized spacial score (nSPS) is 11.4. The van der Waals surface area contributed by atoms with E-state index in [-0.39, 0.29) is 139 Å². The van der Waals surface area contributed by atoms with Crippen molar-refractivity contribution in [3.8, 4) is 17.2 Å². The number of nitrogens with one attached hydrogen (secondary N) is 5. The number of aliphatic imine (C=N–C) groups is 3. The van der Waals surface area contributed by atoms with Crippen molar-refractivity contribution in [1.82, 2.24) is 46.5 Å². The van der Waals surface area contributed by atoms with Crippen LogP contribution < -0.4 is 73.5 Å². The van der Waals surface area contributed by atoms with Gasteiger partial charge in [-0.2, -0.15) is 0 Å². The standard InChI is InChI=1S/C22H19BrF2N8O4.C21H21BrF2N8O3.Na.H2O/c23-15-11-14(6-7-16(15)25)33-20(32-36-22(33)35)18-19(31-37-30-18)27-8-1-9-28-21(26)29-17(34)10-12-2-4-13(24)5-3-12;22-15-11-14(6-7-16(15)24)28-20(30-34)18-19(32-35-31-18)26-8-1-9-27-21(25)29-17(33)10-12-2-4-13(23)5-3-12;;/h2-7,11H,1,8-10H2,(H,27,31)(H3,26,28,29,34);2-7,11,34H,1,8-10H2,(H,26,32)(H,28,30)(H3,25,27,29,33);;1H2/q;;+1;/p-1. The van der Waals surface area contributed by atoms with Crippen LogP contribution in [-0.4, -0.2) is 96.8 Å². The van der Waals surface area contributed by atoms with Crippen LogP contribution in [0.4, 0.5) is 34.9 Å². The van der Waals surface area contributed by atoms with E-state index in [1.165, 1.54) is 84.9 Å². The van der Waals surface area contributed by atoms with Crippen LogP contribution in [0.1, 0.15) is 29.7 Å². The van der Waals surface area contributed by atoms with Gasteiger partial charge in [0.25, 0.3) is 0 Å². The van der Waals surface area contributed by atoms with Gasteiger partial charge in [-0.05, 0) is 137 Å². The zero-order valence-corrected chi connectivity index (χ0v) is 43.7. The fourth-order valence-corrected chi connectivity index (χ4v) is 6.71. The number of nitrogens with two attached hydrogens (primary N) is 2. The van der Waals surface area contributed by atoms with Crippen molar-refractivity contribution in [2.75, 3.05) is 36.8 Å². The number of aromatic nitrogens is 6. The van der Waals surface area contributed by atoms with Crippen LogP contribution in [0.25, 0.3) is 17.2 Å².